The van der Waals surface area contributed by atoms with Crippen LogP contribution in [0.15, 0.2) is 24.3 Å². The van der Waals surface area contributed by atoms with E-state index >= 15 is 0 Å². The van der Waals surface area contributed by atoms with Gasteiger partial charge >= 0.3 is 0 Å². The Bertz CT molecular complexity index is 509. The summed E-state index contributed by atoms with van der Waals surface area (Å²) in [5.41, 5.74) is 1.22. The maximum absolute atomic E-state index is 13.1. The summed E-state index contributed by atoms with van der Waals surface area (Å²) in [6.45, 7) is 6.15. The number of nitrogens with zero attached hydrogens (tertiary/aromatic N) is 1. The molecule has 1 aromatic rings. The van der Waals surface area contributed by atoms with E-state index < -0.39 is 0 Å². The first-order chi connectivity index (χ1) is 11.6. The summed E-state index contributed by atoms with van der Waals surface area (Å²) in [6.07, 6.45) is 4.52. The molecule has 2 N–H and O–H groups in total. The second-order valence-corrected chi connectivity index (χ2v) is 7.32. The van der Waals surface area contributed by atoms with Gasteiger partial charge in [0.2, 0.25) is 0 Å². The molecule has 1 aliphatic heterocycles. The van der Waals surface area contributed by atoms with Gasteiger partial charge in [0, 0.05) is 24.7 Å². The molecule has 0 amide bonds. The number of halogens is 1. The molecule has 1 atom stereocenters. The third-order valence-corrected chi connectivity index (χ3v) is 5.73. The standard InChI is InChI=1S/C19H29FN2O2/c1-19(22-10-12-24-13-11-22)8-6-17(7-9-19)21-18(14-23)15-2-4-16(20)5-3-15/h2-5,17-18,21,23H,6-14H2,1H3. The fraction of sp³-hybridized carbons (Fsp3) is 0.684. The minimum atomic E-state index is -0.241. The zero-order valence-corrected chi connectivity index (χ0v) is 14.5. The summed E-state index contributed by atoms with van der Waals surface area (Å²) in [5.74, 6) is -0.241. The number of nitrogens with one attached hydrogen (secondary N) is 1. The molecule has 4 nitrogen and oxygen atoms in total. The molecular weight excluding hydrogens is 307 g/mol. The molecule has 0 bridgehead atoms. The Kier molecular flexibility index (Phi) is 5.87. The smallest absolute Gasteiger partial charge is 0.123 e. The highest BCUT2D eigenvalue weighted by Crippen LogP contribution is 2.34. The van der Waals surface area contributed by atoms with Crippen molar-refractivity contribution in [3.63, 3.8) is 0 Å². The monoisotopic (exact) mass is 336 g/mol. The Hall–Kier alpha value is -1.01. The van der Waals surface area contributed by atoms with Crippen LogP contribution in [0.25, 0.3) is 0 Å². The number of morpholine rings is 1. The zero-order chi connectivity index (χ0) is 17.0. The van der Waals surface area contributed by atoms with Gasteiger partial charge in [0.15, 0.2) is 0 Å². The first-order valence-electron chi connectivity index (χ1n) is 9.06. The van der Waals surface area contributed by atoms with Gasteiger partial charge in [0.05, 0.1) is 25.9 Å². The molecule has 24 heavy (non-hydrogen) atoms. The van der Waals surface area contributed by atoms with E-state index in [-0.39, 0.29) is 24.0 Å². The summed E-state index contributed by atoms with van der Waals surface area (Å²) < 4.78 is 18.6. The SMILES string of the molecule is CC1(N2CCOCC2)CCC(NC(CO)c2ccc(F)cc2)CC1. The number of hydrogen-bond acceptors (Lipinski definition) is 4. The number of ether oxygens (including phenoxy) is 1. The second-order valence-electron chi connectivity index (χ2n) is 7.32. The van der Waals surface area contributed by atoms with Gasteiger partial charge in [0.25, 0.3) is 0 Å². The van der Waals surface area contributed by atoms with Gasteiger partial charge in [-0.05, 0) is 50.3 Å². The molecule has 2 fully saturated rings. The molecule has 1 saturated heterocycles. The predicted octanol–water partition coefficient (Wildman–Crippen LogP) is 2.48. The summed E-state index contributed by atoms with van der Waals surface area (Å²) in [5, 5.41) is 13.3. The van der Waals surface area contributed by atoms with E-state index in [1.54, 1.807) is 12.1 Å². The molecule has 1 unspecified atom stereocenters. The number of aliphatic hydroxyl groups is 1. The lowest BCUT2D eigenvalue weighted by Gasteiger charge is -2.47. The minimum absolute atomic E-state index is 0.0306. The molecule has 1 aliphatic carbocycles. The lowest BCUT2D eigenvalue weighted by Crippen LogP contribution is -2.55. The molecule has 5 heteroatoms. The van der Waals surface area contributed by atoms with E-state index in [2.05, 4.69) is 17.1 Å². The van der Waals surface area contributed by atoms with Crippen molar-refractivity contribution in [2.24, 2.45) is 0 Å². The van der Waals surface area contributed by atoms with Crippen LogP contribution in [0, 0.1) is 5.82 Å². The number of aliphatic hydroxyl groups excluding tert-OH is 1. The molecular formula is C19H29FN2O2. The van der Waals surface area contributed by atoms with Gasteiger partial charge in [0.1, 0.15) is 5.82 Å². The van der Waals surface area contributed by atoms with Crippen molar-refractivity contribution < 1.29 is 14.2 Å². The Balaban J connectivity index is 1.54. The van der Waals surface area contributed by atoms with Crippen molar-refractivity contribution in [1.82, 2.24) is 10.2 Å². The lowest BCUT2D eigenvalue weighted by atomic mass is 9.79. The van der Waals surface area contributed by atoms with Crippen LogP contribution >= 0.6 is 0 Å². The molecule has 0 aromatic heterocycles. The van der Waals surface area contributed by atoms with Crippen LogP contribution in [0.2, 0.25) is 0 Å². The van der Waals surface area contributed by atoms with Gasteiger partial charge in [-0.25, -0.2) is 4.39 Å². The summed E-state index contributed by atoms with van der Waals surface area (Å²) in [6, 6.07) is 6.70. The Labute approximate surface area is 144 Å². The van der Waals surface area contributed by atoms with Crippen LogP contribution in [0.3, 0.4) is 0 Å². The van der Waals surface area contributed by atoms with Crippen LogP contribution in [-0.2, 0) is 4.74 Å². The first-order valence-corrected chi connectivity index (χ1v) is 9.06. The van der Waals surface area contributed by atoms with Gasteiger partial charge < -0.3 is 15.2 Å². The van der Waals surface area contributed by atoms with E-state index in [1.165, 1.54) is 12.1 Å². The highest BCUT2D eigenvalue weighted by atomic mass is 19.1. The van der Waals surface area contributed by atoms with Crippen molar-refractivity contribution >= 4 is 0 Å². The number of benzene rings is 1. The largest absolute Gasteiger partial charge is 0.394 e. The predicted molar refractivity (Wildman–Crippen MR) is 92.4 cm³/mol. The molecule has 3 rings (SSSR count). The third kappa shape index (κ3) is 4.14. The van der Waals surface area contributed by atoms with Crippen molar-refractivity contribution in [3.05, 3.63) is 35.6 Å². The molecule has 1 saturated carbocycles. The second kappa shape index (κ2) is 7.91. The summed E-state index contributed by atoms with van der Waals surface area (Å²) in [7, 11) is 0. The maximum Gasteiger partial charge on any atom is 0.123 e. The molecule has 2 aliphatic rings. The van der Waals surface area contributed by atoms with E-state index in [0.717, 1.165) is 57.6 Å². The van der Waals surface area contributed by atoms with Crippen LogP contribution in [0.4, 0.5) is 4.39 Å². The third-order valence-electron chi connectivity index (χ3n) is 5.73. The van der Waals surface area contributed by atoms with Crippen LogP contribution in [-0.4, -0.2) is 54.5 Å². The normalized spacial score (nSPS) is 30.2. The fourth-order valence-electron chi connectivity index (χ4n) is 4.06. The quantitative estimate of drug-likeness (QED) is 0.867. The van der Waals surface area contributed by atoms with Crippen LogP contribution in [0.5, 0.6) is 0 Å². The lowest BCUT2D eigenvalue weighted by molar-refractivity contribution is -0.0330. The van der Waals surface area contributed by atoms with Gasteiger partial charge in [-0.15, -0.1) is 0 Å². The number of rotatable bonds is 5. The first kappa shape index (κ1) is 17.8. The summed E-state index contributed by atoms with van der Waals surface area (Å²) in [4.78, 5) is 2.58. The zero-order valence-electron chi connectivity index (χ0n) is 14.5. The molecule has 134 valence electrons. The Morgan fingerprint density at radius 2 is 1.88 bits per heavy atom. The van der Waals surface area contributed by atoms with E-state index in [4.69, 9.17) is 4.74 Å². The van der Waals surface area contributed by atoms with Crippen molar-refractivity contribution in [3.8, 4) is 0 Å². The van der Waals surface area contributed by atoms with E-state index in [9.17, 15) is 9.50 Å². The molecule has 0 spiro atoms. The van der Waals surface area contributed by atoms with Crippen molar-refractivity contribution in [2.75, 3.05) is 32.9 Å². The summed E-state index contributed by atoms with van der Waals surface area (Å²) >= 11 is 0. The highest BCUT2D eigenvalue weighted by molar-refractivity contribution is 5.20. The number of hydrogen-bond donors (Lipinski definition) is 2. The van der Waals surface area contributed by atoms with Crippen LogP contribution < -0.4 is 5.32 Å². The fourth-order valence-corrected chi connectivity index (χ4v) is 4.06. The highest BCUT2D eigenvalue weighted by Gasteiger charge is 2.37. The van der Waals surface area contributed by atoms with Gasteiger partial charge in [-0.1, -0.05) is 12.1 Å². The molecule has 0 radical (unpaired) electrons. The Morgan fingerprint density at radius 1 is 1.25 bits per heavy atom. The van der Waals surface area contributed by atoms with Crippen molar-refractivity contribution in [2.45, 2.75) is 50.2 Å². The van der Waals surface area contributed by atoms with E-state index in [0.29, 0.717) is 6.04 Å². The average Bonchev–Trinajstić information content (AvgIpc) is 2.63. The van der Waals surface area contributed by atoms with Gasteiger partial charge in [-0.2, -0.15) is 0 Å². The Morgan fingerprint density at radius 3 is 2.46 bits per heavy atom. The minimum Gasteiger partial charge on any atom is -0.394 e. The molecule has 1 heterocycles. The molecule has 1 aromatic carbocycles. The van der Waals surface area contributed by atoms with Crippen molar-refractivity contribution in [1.29, 1.82) is 0 Å². The maximum atomic E-state index is 13.1. The van der Waals surface area contributed by atoms with Crippen LogP contribution in [0.1, 0.15) is 44.2 Å². The average molecular weight is 336 g/mol. The topological polar surface area (TPSA) is 44.7 Å². The van der Waals surface area contributed by atoms with Gasteiger partial charge in [-0.3, -0.25) is 4.90 Å². The van der Waals surface area contributed by atoms with E-state index in [1.807, 2.05) is 0 Å².